The Morgan fingerprint density at radius 1 is 1.39 bits per heavy atom. The summed E-state index contributed by atoms with van der Waals surface area (Å²) in [7, 11) is 1.59. The first-order chi connectivity index (χ1) is 10.7. The van der Waals surface area contributed by atoms with Crippen molar-refractivity contribution in [3.8, 4) is 0 Å². The minimum atomic E-state index is -4.52. The van der Waals surface area contributed by atoms with Crippen LogP contribution in [0.1, 0.15) is 24.2 Å². The van der Waals surface area contributed by atoms with Crippen LogP contribution in [0.2, 0.25) is 5.02 Å². The second-order valence-electron chi connectivity index (χ2n) is 5.13. The molecule has 0 aliphatic heterocycles. The minimum Gasteiger partial charge on any atom is -0.337 e. The van der Waals surface area contributed by atoms with Crippen molar-refractivity contribution in [1.82, 2.24) is 14.7 Å². The first-order valence-electron chi connectivity index (χ1n) is 6.80. The molecule has 0 saturated carbocycles. The molecule has 1 amide bonds. The Balaban J connectivity index is 2.06. The molecule has 1 aromatic heterocycles. The minimum absolute atomic E-state index is 0.265. The first-order valence-corrected chi connectivity index (χ1v) is 7.18. The van der Waals surface area contributed by atoms with E-state index in [0.717, 1.165) is 22.5 Å². The van der Waals surface area contributed by atoms with Gasteiger partial charge in [-0.05, 0) is 30.7 Å². The SMILES string of the molecule is CC(c1cccc(Cl)c1)N(C)C(=O)Cn1ccc(C(F)(F)F)n1. The molecule has 1 atom stereocenters. The van der Waals surface area contributed by atoms with Gasteiger partial charge in [-0.2, -0.15) is 18.3 Å². The van der Waals surface area contributed by atoms with E-state index in [1.807, 2.05) is 13.0 Å². The van der Waals surface area contributed by atoms with Crippen molar-refractivity contribution >= 4 is 17.5 Å². The zero-order valence-electron chi connectivity index (χ0n) is 12.5. The predicted octanol–water partition coefficient (Wildman–Crippen LogP) is 3.77. The van der Waals surface area contributed by atoms with Crippen LogP contribution in [0.5, 0.6) is 0 Å². The average molecular weight is 346 g/mol. The van der Waals surface area contributed by atoms with Gasteiger partial charge < -0.3 is 4.90 Å². The highest BCUT2D eigenvalue weighted by Gasteiger charge is 2.33. The number of alkyl halides is 3. The summed E-state index contributed by atoms with van der Waals surface area (Å²) in [5, 5.41) is 3.93. The molecule has 0 aliphatic carbocycles. The molecule has 1 unspecified atom stereocenters. The van der Waals surface area contributed by atoms with E-state index in [9.17, 15) is 18.0 Å². The number of nitrogens with zero attached hydrogens (tertiary/aromatic N) is 3. The van der Waals surface area contributed by atoms with Gasteiger partial charge in [-0.3, -0.25) is 9.48 Å². The fraction of sp³-hybridized carbons (Fsp3) is 0.333. The Bertz CT molecular complexity index is 699. The fourth-order valence-electron chi connectivity index (χ4n) is 2.06. The Morgan fingerprint density at radius 2 is 2.09 bits per heavy atom. The van der Waals surface area contributed by atoms with Gasteiger partial charge in [0.2, 0.25) is 5.91 Å². The zero-order chi connectivity index (χ0) is 17.2. The molecule has 0 radical (unpaired) electrons. The van der Waals surface area contributed by atoms with E-state index in [0.29, 0.717) is 5.02 Å². The molecule has 0 N–H and O–H groups in total. The maximum atomic E-state index is 12.5. The highest BCUT2D eigenvalue weighted by molar-refractivity contribution is 6.30. The molecular weight excluding hydrogens is 331 g/mol. The van der Waals surface area contributed by atoms with Crippen LogP contribution in [0.25, 0.3) is 0 Å². The van der Waals surface area contributed by atoms with Gasteiger partial charge in [0.25, 0.3) is 0 Å². The van der Waals surface area contributed by atoms with Crippen LogP contribution in [-0.4, -0.2) is 27.6 Å². The summed E-state index contributed by atoms with van der Waals surface area (Å²) in [5.74, 6) is -0.352. The third kappa shape index (κ3) is 4.25. The molecule has 0 aliphatic rings. The van der Waals surface area contributed by atoms with Gasteiger partial charge in [-0.1, -0.05) is 23.7 Å². The molecule has 1 heterocycles. The molecular formula is C15H15ClF3N3O. The number of hydrogen-bond donors (Lipinski definition) is 0. The zero-order valence-corrected chi connectivity index (χ0v) is 13.3. The molecule has 8 heteroatoms. The number of amides is 1. The lowest BCUT2D eigenvalue weighted by atomic mass is 10.1. The van der Waals surface area contributed by atoms with Gasteiger partial charge >= 0.3 is 6.18 Å². The molecule has 0 bridgehead atoms. The molecule has 124 valence electrons. The Hall–Kier alpha value is -2.02. The Labute approximate surface area is 136 Å². The molecule has 0 saturated heterocycles. The maximum Gasteiger partial charge on any atom is 0.435 e. The molecule has 2 aromatic rings. The second kappa shape index (κ2) is 6.62. The maximum absolute atomic E-state index is 12.5. The largest absolute Gasteiger partial charge is 0.435 e. The fourth-order valence-corrected chi connectivity index (χ4v) is 2.26. The first kappa shape index (κ1) is 17.3. The number of halogens is 4. The standard InChI is InChI=1S/C15H15ClF3N3O/c1-10(11-4-3-5-12(16)8-11)21(2)14(23)9-22-7-6-13(20-22)15(17,18)19/h3-8,10H,9H2,1-2H3. The summed E-state index contributed by atoms with van der Waals surface area (Å²) in [6.07, 6.45) is -3.38. The van der Waals surface area contributed by atoms with E-state index in [2.05, 4.69) is 5.10 Å². The van der Waals surface area contributed by atoms with E-state index in [1.165, 1.54) is 4.90 Å². The van der Waals surface area contributed by atoms with Gasteiger partial charge in [0, 0.05) is 18.3 Å². The van der Waals surface area contributed by atoms with Crippen molar-refractivity contribution in [2.45, 2.75) is 25.7 Å². The molecule has 2 rings (SSSR count). The second-order valence-corrected chi connectivity index (χ2v) is 5.57. The number of aromatic nitrogens is 2. The summed E-state index contributed by atoms with van der Waals surface area (Å²) in [4.78, 5) is 13.7. The van der Waals surface area contributed by atoms with Crippen molar-refractivity contribution in [3.05, 3.63) is 52.8 Å². The Kier molecular flexibility index (Phi) is 4.99. The van der Waals surface area contributed by atoms with E-state index in [4.69, 9.17) is 11.6 Å². The van der Waals surface area contributed by atoms with Gasteiger partial charge in [0.15, 0.2) is 5.69 Å². The lowest BCUT2D eigenvalue weighted by Crippen LogP contribution is -2.32. The van der Waals surface area contributed by atoms with Crippen molar-refractivity contribution in [2.24, 2.45) is 0 Å². The van der Waals surface area contributed by atoms with Crippen LogP contribution in [-0.2, 0) is 17.5 Å². The van der Waals surface area contributed by atoms with Crippen LogP contribution in [0.15, 0.2) is 36.5 Å². The molecule has 1 aromatic carbocycles. The topological polar surface area (TPSA) is 38.1 Å². The quantitative estimate of drug-likeness (QED) is 0.846. The van der Waals surface area contributed by atoms with Gasteiger partial charge in [-0.15, -0.1) is 0 Å². The van der Waals surface area contributed by atoms with Crippen molar-refractivity contribution in [1.29, 1.82) is 0 Å². The van der Waals surface area contributed by atoms with E-state index in [1.54, 1.807) is 25.2 Å². The number of hydrogen-bond acceptors (Lipinski definition) is 2. The summed E-state index contributed by atoms with van der Waals surface area (Å²) >= 11 is 5.92. The number of rotatable bonds is 4. The normalized spacial score (nSPS) is 13.0. The lowest BCUT2D eigenvalue weighted by molar-refractivity contribution is -0.142. The van der Waals surface area contributed by atoms with Crippen molar-refractivity contribution < 1.29 is 18.0 Å². The summed E-state index contributed by atoms with van der Waals surface area (Å²) in [6, 6.07) is 7.64. The molecule has 23 heavy (non-hydrogen) atoms. The highest BCUT2D eigenvalue weighted by atomic mass is 35.5. The highest BCUT2D eigenvalue weighted by Crippen LogP contribution is 2.27. The van der Waals surface area contributed by atoms with E-state index < -0.39 is 11.9 Å². The molecule has 0 spiro atoms. The number of likely N-dealkylation sites (N-methyl/N-ethyl adjacent to an activating group) is 1. The van der Waals surface area contributed by atoms with Crippen molar-refractivity contribution in [2.75, 3.05) is 7.05 Å². The Morgan fingerprint density at radius 3 is 2.65 bits per heavy atom. The predicted molar refractivity (Wildman–Crippen MR) is 79.9 cm³/mol. The smallest absolute Gasteiger partial charge is 0.337 e. The number of benzene rings is 1. The van der Waals surface area contributed by atoms with Crippen molar-refractivity contribution in [3.63, 3.8) is 0 Å². The third-order valence-electron chi connectivity index (χ3n) is 3.53. The summed E-state index contributed by atoms with van der Waals surface area (Å²) in [5.41, 5.74) is -0.180. The third-order valence-corrected chi connectivity index (χ3v) is 3.77. The van der Waals surface area contributed by atoms with Crippen LogP contribution >= 0.6 is 11.6 Å². The van der Waals surface area contributed by atoms with Gasteiger partial charge in [0.1, 0.15) is 6.54 Å². The van der Waals surface area contributed by atoms with Crippen LogP contribution in [0, 0.1) is 0 Å². The number of carbonyl (C=O) groups excluding carboxylic acids is 1. The van der Waals surface area contributed by atoms with E-state index >= 15 is 0 Å². The number of carbonyl (C=O) groups is 1. The monoisotopic (exact) mass is 345 g/mol. The summed E-state index contributed by atoms with van der Waals surface area (Å²) in [6.45, 7) is 1.55. The average Bonchev–Trinajstić information content (AvgIpc) is 2.94. The van der Waals surface area contributed by atoms with Crippen LogP contribution < -0.4 is 0 Å². The lowest BCUT2D eigenvalue weighted by Gasteiger charge is -2.25. The van der Waals surface area contributed by atoms with Crippen LogP contribution in [0.4, 0.5) is 13.2 Å². The summed E-state index contributed by atoms with van der Waals surface area (Å²) < 4.78 is 38.5. The van der Waals surface area contributed by atoms with Gasteiger partial charge in [0.05, 0.1) is 6.04 Å². The van der Waals surface area contributed by atoms with Gasteiger partial charge in [-0.25, -0.2) is 0 Å². The molecule has 0 fully saturated rings. The molecule has 4 nitrogen and oxygen atoms in total. The van der Waals surface area contributed by atoms with E-state index in [-0.39, 0.29) is 18.5 Å². The van der Waals surface area contributed by atoms with Crippen LogP contribution in [0.3, 0.4) is 0 Å².